The van der Waals surface area contributed by atoms with Crippen molar-refractivity contribution in [1.29, 1.82) is 5.26 Å². The Morgan fingerprint density at radius 2 is 1.93 bits per heavy atom. The minimum atomic E-state index is -0.480. The van der Waals surface area contributed by atoms with Crippen molar-refractivity contribution in [3.05, 3.63) is 0 Å². The van der Waals surface area contributed by atoms with Crippen LogP contribution in [0, 0.1) is 16.9 Å². The summed E-state index contributed by atoms with van der Waals surface area (Å²) in [5.41, 5.74) is 5.19. The number of carbonyl (C=O) groups is 1. The lowest BCUT2D eigenvalue weighted by atomic mass is 9.79. The number of carbonyl (C=O) groups excluding carboxylic acids is 1. The maximum Gasteiger partial charge on any atom is 0.240 e. The predicted octanol–water partition coefficient (Wildman–Crippen LogP) is 0.883. The molecule has 0 bridgehead atoms. The Morgan fingerprint density at radius 3 is 2.36 bits per heavy atom. The molecule has 14 heavy (non-hydrogen) atoms. The molecule has 1 saturated carbocycles. The zero-order valence-electron chi connectivity index (χ0n) is 8.38. The van der Waals surface area contributed by atoms with E-state index in [-0.39, 0.29) is 5.91 Å². The second kappa shape index (κ2) is 4.97. The third-order valence-electron chi connectivity index (χ3n) is 3.10. The Labute approximate surface area is 84.5 Å². The van der Waals surface area contributed by atoms with E-state index in [9.17, 15) is 4.79 Å². The van der Waals surface area contributed by atoms with Crippen LogP contribution in [0.5, 0.6) is 0 Å². The number of nitrogens with one attached hydrogen (secondary N) is 1. The average Bonchev–Trinajstić information content (AvgIpc) is 2.44. The van der Waals surface area contributed by atoms with Crippen molar-refractivity contribution < 1.29 is 4.79 Å². The van der Waals surface area contributed by atoms with Crippen LogP contribution in [0.2, 0.25) is 0 Å². The highest BCUT2D eigenvalue weighted by atomic mass is 16.2. The highest BCUT2D eigenvalue weighted by Crippen LogP contribution is 2.34. The van der Waals surface area contributed by atoms with Gasteiger partial charge in [0.25, 0.3) is 0 Å². The molecule has 1 aliphatic carbocycles. The molecule has 0 heterocycles. The van der Waals surface area contributed by atoms with Crippen molar-refractivity contribution in [2.45, 2.75) is 38.5 Å². The third kappa shape index (κ3) is 2.24. The molecule has 0 radical (unpaired) electrons. The molecule has 1 fully saturated rings. The second-order valence-corrected chi connectivity index (χ2v) is 3.96. The summed E-state index contributed by atoms with van der Waals surface area (Å²) < 4.78 is 0. The molecule has 4 nitrogen and oxygen atoms in total. The number of rotatable bonds is 2. The van der Waals surface area contributed by atoms with Crippen molar-refractivity contribution in [1.82, 2.24) is 5.32 Å². The van der Waals surface area contributed by atoms with Gasteiger partial charge in [-0.2, -0.15) is 5.26 Å². The molecule has 0 aliphatic heterocycles. The van der Waals surface area contributed by atoms with Gasteiger partial charge in [-0.25, -0.2) is 0 Å². The predicted molar refractivity (Wildman–Crippen MR) is 52.9 cm³/mol. The summed E-state index contributed by atoms with van der Waals surface area (Å²) in [6, 6.07) is 0. The maximum atomic E-state index is 11.7. The Morgan fingerprint density at radius 1 is 1.36 bits per heavy atom. The van der Waals surface area contributed by atoms with E-state index in [0.29, 0.717) is 6.54 Å². The molecular formula is C10H17N3O. The summed E-state index contributed by atoms with van der Waals surface area (Å²) in [6.45, 7) is 0.348. The third-order valence-corrected chi connectivity index (χ3v) is 3.10. The molecule has 1 rings (SSSR count). The van der Waals surface area contributed by atoms with Gasteiger partial charge in [0.05, 0.1) is 5.41 Å². The van der Waals surface area contributed by atoms with Gasteiger partial charge in [0.15, 0.2) is 6.19 Å². The first kappa shape index (κ1) is 11.0. The SMILES string of the molecule is N#CNC(=O)C1(CN)CCCCCC1. The highest BCUT2D eigenvalue weighted by Gasteiger charge is 2.37. The molecule has 0 aromatic carbocycles. The Bertz CT molecular complexity index is 236. The number of amides is 1. The molecule has 0 unspecified atom stereocenters. The van der Waals surface area contributed by atoms with Gasteiger partial charge in [0.1, 0.15) is 0 Å². The molecular weight excluding hydrogens is 178 g/mol. The minimum absolute atomic E-state index is 0.190. The highest BCUT2D eigenvalue weighted by molar-refractivity contribution is 5.84. The first-order valence-corrected chi connectivity index (χ1v) is 5.15. The molecule has 1 aliphatic rings. The van der Waals surface area contributed by atoms with E-state index in [0.717, 1.165) is 25.7 Å². The van der Waals surface area contributed by atoms with Crippen LogP contribution in [0.3, 0.4) is 0 Å². The van der Waals surface area contributed by atoms with Crippen LogP contribution < -0.4 is 11.1 Å². The summed E-state index contributed by atoms with van der Waals surface area (Å²) in [5, 5.41) is 10.6. The summed E-state index contributed by atoms with van der Waals surface area (Å²) in [6.07, 6.45) is 7.73. The van der Waals surface area contributed by atoms with Crippen molar-refractivity contribution in [2.24, 2.45) is 11.1 Å². The van der Waals surface area contributed by atoms with Gasteiger partial charge in [-0.15, -0.1) is 0 Å². The van der Waals surface area contributed by atoms with Crippen LogP contribution in [0.15, 0.2) is 0 Å². The molecule has 78 valence electrons. The molecule has 1 amide bonds. The van der Waals surface area contributed by atoms with Crippen LogP contribution in [-0.4, -0.2) is 12.5 Å². The number of nitrogens with zero attached hydrogens (tertiary/aromatic N) is 1. The summed E-state index contributed by atoms with van der Waals surface area (Å²) >= 11 is 0. The van der Waals surface area contributed by atoms with E-state index in [2.05, 4.69) is 5.32 Å². The molecule has 0 aromatic heterocycles. The fraction of sp³-hybridized carbons (Fsp3) is 0.800. The van der Waals surface area contributed by atoms with Crippen LogP contribution in [0.4, 0.5) is 0 Å². The summed E-state index contributed by atoms with van der Waals surface area (Å²) in [7, 11) is 0. The van der Waals surface area contributed by atoms with Crippen molar-refractivity contribution in [3.8, 4) is 6.19 Å². The van der Waals surface area contributed by atoms with Crippen LogP contribution in [0.25, 0.3) is 0 Å². The molecule has 0 spiro atoms. The standard InChI is InChI=1S/C10H17N3O/c11-7-10(9(14)13-8-12)5-3-1-2-4-6-10/h1-7,11H2,(H,13,14). The van der Waals surface area contributed by atoms with Crippen molar-refractivity contribution >= 4 is 5.91 Å². The van der Waals surface area contributed by atoms with Crippen LogP contribution in [0.1, 0.15) is 38.5 Å². The monoisotopic (exact) mass is 195 g/mol. The van der Waals surface area contributed by atoms with Gasteiger partial charge in [0.2, 0.25) is 5.91 Å². The van der Waals surface area contributed by atoms with Gasteiger partial charge < -0.3 is 5.73 Å². The van der Waals surface area contributed by atoms with Gasteiger partial charge in [-0.1, -0.05) is 25.7 Å². The maximum absolute atomic E-state index is 11.7. The number of hydrogen-bond acceptors (Lipinski definition) is 3. The first-order valence-electron chi connectivity index (χ1n) is 5.15. The average molecular weight is 195 g/mol. The fourth-order valence-corrected chi connectivity index (χ4v) is 2.11. The first-order chi connectivity index (χ1) is 6.75. The van der Waals surface area contributed by atoms with E-state index in [1.165, 1.54) is 12.8 Å². The lowest BCUT2D eigenvalue weighted by Gasteiger charge is -2.28. The Balaban J connectivity index is 2.72. The second-order valence-electron chi connectivity index (χ2n) is 3.96. The Kier molecular flexibility index (Phi) is 3.90. The minimum Gasteiger partial charge on any atom is -0.329 e. The summed E-state index contributed by atoms with van der Waals surface area (Å²) in [4.78, 5) is 11.7. The quantitative estimate of drug-likeness (QED) is 0.390. The molecule has 3 N–H and O–H groups in total. The van der Waals surface area contributed by atoms with E-state index in [1.54, 1.807) is 6.19 Å². The van der Waals surface area contributed by atoms with Gasteiger partial charge in [-0.3, -0.25) is 10.1 Å². The number of hydrogen-bond donors (Lipinski definition) is 2. The van der Waals surface area contributed by atoms with Crippen LogP contribution >= 0.6 is 0 Å². The fourth-order valence-electron chi connectivity index (χ4n) is 2.11. The smallest absolute Gasteiger partial charge is 0.240 e. The summed E-state index contributed by atoms with van der Waals surface area (Å²) in [5.74, 6) is -0.190. The largest absolute Gasteiger partial charge is 0.329 e. The normalized spacial score (nSPS) is 20.6. The van der Waals surface area contributed by atoms with Crippen LogP contribution in [-0.2, 0) is 4.79 Å². The van der Waals surface area contributed by atoms with E-state index >= 15 is 0 Å². The van der Waals surface area contributed by atoms with E-state index in [4.69, 9.17) is 11.0 Å². The van der Waals surface area contributed by atoms with Gasteiger partial charge in [-0.05, 0) is 12.8 Å². The molecule has 0 atom stereocenters. The lowest BCUT2D eigenvalue weighted by Crippen LogP contribution is -2.44. The molecule has 0 aromatic rings. The van der Waals surface area contributed by atoms with Crippen molar-refractivity contribution in [3.63, 3.8) is 0 Å². The van der Waals surface area contributed by atoms with Gasteiger partial charge >= 0.3 is 0 Å². The van der Waals surface area contributed by atoms with E-state index in [1.807, 2.05) is 0 Å². The van der Waals surface area contributed by atoms with E-state index < -0.39 is 5.41 Å². The topological polar surface area (TPSA) is 78.9 Å². The number of nitrogens with two attached hydrogens (primary N) is 1. The molecule has 4 heteroatoms. The number of nitriles is 1. The van der Waals surface area contributed by atoms with Crippen molar-refractivity contribution in [2.75, 3.05) is 6.54 Å². The Hall–Kier alpha value is -1.08. The lowest BCUT2D eigenvalue weighted by molar-refractivity contribution is -0.130. The zero-order chi connectivity index (χ0) is 10.4. The van der Waals surface area contributed by atoms with Gasteiger partial charge in [0, 0.05) is 6.54 Å². The zero-order valence-corrected chi connectivity index (χ0v) is 8.38. The molecule has 0 saturated heterocycles.